The summed E-state index contributed by atoms with van der Waals surface area (Å²) >= 11 is 1.62. The molecule has 1 fully saturated rings. The number of carbonyl (C=O) groups is 1. The van der Waals surface area contributed by atoms with Crippen molar-refractivity contribution in [2.24, 2.45) is 5.92 Å². The predicted molar refractivity (Wildman–Crippen MR) is 78.6 cm³/mol. The number of carbonyl (C=O) groups excluding carboxylic acids is 1. The largest absolute Gasteiger partial charge is 0.394 e. The molecule has 0 heterocycles. The number of hydrogen-bond acceptors (Lipinski definition) is 3. The summed E-state index contributed by atoms with van der Waals surface area (Å²) in [4.78, 5) is 13.5. The van der Waals surface area contributed by atoms with Crippen molar-refractivity contribution >= 4 is 17.7 Å². The van der Waals surface area contributed by atoms with Gasteiger partial charge in [-0.1, -0.05) is 6.07 Å². The summed E-state index contributed by atoms with van der Waals surface area (Å²) in [5, 5.41) is 12.6. The summed E-state index contributed by atoms with van der Waals surface area (Å²) in [6.07, 6.45) is 4.16. The van der Waals surface area contributed by atoms with Gasteiger partial charge in [0.25, 0.3) is 5.91 Å². The molecule has 1 aromatic rings. The summed E-state index contributed by atoms with van der Waals surface area (Å²) in [6, 6.07) is 5.90. The molecule has 1 amide bonds. The molecule has 0 spiro atoms. The molecule has 0 bridgehead atoms. The fourth-order valence-electron chi connectivity index (χ4n) is 2.29. The second kappa shape index (κ2) is 5.55. The smallest absolute Gasteiger partial charge is 0.252 e. The molecule has 1 unspecified atom stereocenters. The first-order valence-electron chi connectivity index (χ1n) is 6.58. The molecule has 3 nitrogen and oxygen atoms in total. The molecule has 0 saturated heterocycles. The Morgan fingerprint density at radius 1 is 1.53 bits per heavy atom. The summed E-state index contributed by atoms with van der Waals surface area (Å²) in [7, 11) is 0. The molecule has 0 aliphatic heterocycles. The van der Waals surface area contributed by atoms with Crippen molar-refractivity contribution in [3.05, 3.63) is 29.3 Å². The molecule has 1 aromatic carbocycles. The highest BCUT2D eigenvalue weighted by Crippen LogP contribution is 2.39. The van der Waals surface area contributed by atoms with Crippen LogP contribution in [0.5, 0.6) is 0 Å². The molecule has 4 heteroatoms. The molecular formula is C15H21NO2S. The number of thioether (sulfide) groups is 1. The van der Waals surface area contributed by atoms with Gasteiger partial charge in [-0.05, 0) is 56.6 Å². The number of hydrogen-bond donors (Lipinski definition) is 2. The minimum Gasteiger partial charge on any atom is -0.394 e. The van der Waals surface area contributed by atoms with Gasteiger partial charge in [0.1, 0.15) is 0 Å². The Kier molecular flexibility index (Phi) is 4.21. The average molecular weight is 279 g/mol. The van der Waals surface area contributed by atoms with Gasteiger partial charge in [0.05, 0.1) is 12.1 Å². The SMILES string of the molecule is CSc1ccc(C)c(C(=O)NC(C)(CO)C2CC2)c1. The second-order valence-electron chi connectivity index (χ2n) is 5.48. The molecule has 2 N–H and O–H groups in total. The number of rotatable bonds is 5. The van der Waals surface area contributed by atoms with E-state index < -0.39 is 5.54 Å². The molecule has 1 atom stereocenters. The maximum absolute atomic E-state index is 12.4. The van der Waals surface area contributed by atoms with Crippen LogP contribution in [0.4, 0.5) is 0 Å². The lowest BCUT2D eigenvalue weighted by Crippen LogP contribution is -2.50. The third-order valence-electron chi connectivity index (χ3n) is 3.90. The molecule has 19 heavy (non-hydrogen) atoms. The summed E-state index contributed by atoms with van der Waals surface area (Å²) in [6.45, 7) is 3.85. The molecule has 2 rings (SSSR count). The molecular weight excluding hydrogens is 258 g/mol. The van der Waals surface area contributed by atoms with E-state index in [0.29, 0.717) is 11.5 Å². The van der Waals surface area contributed by atoms with E-state index in [4.69, 9.17) is 0 Å². The first-order valence-corrected chi connectivity index (χ1v) is 7.80. The number of aliphatic hydroxyl groups excluding tert-OH is 1. The van der Waals surface area contributed by atoms with Crippen molar-refractivity contribution in [1.29, 1.82) is 0 Å². The van der Waals surface area contributed by atoms with Crippen molar-refractivity contribution in [2.75, 3.05) is 12.9 Å². The van der Waals surface area contributed by atoms with Crippen LogP contribution in [0.1, 0.15) is 35.7 Å². The van der Waals surface area contributed by atoms with E-state index in [2.05, 4.69) is 5.32 Å². The number of aliphatic hydroxyl groups is 1. The normalized spacial score (nSPS) is 17.9. The summed E-state index contributed by atoms with van der Waals surface area (Å²) in [5.74, 6) is 0.322. The Hall–Kier alpha value is -1.00. The van der Waals surface area contributed by atoms with Gasteiger partial charge < -0.3 is 10.4 Å². The van der Waals surface area contributed by atoms with Crippen molar-refractivity contribution in [3.8, 4) is 0 Å². The number of benzene rings is 1. The topological polar surface area (TPSA) is 49.3 Å². The number of aryl methyl sites for hydroxylation is 1. The number of nitrogens with one attached hydrogen (secondary N) is 1. The average Bonchev–Trinajstić information content (AvgIpc) is 3.23. The van der Waals surface area contributed by atoms with Gasteiger partial charge in [-0.2, -0.15) is 0 Å². The van der Waals surface area contributed by atoms with Gasteiger partial charge in [-0.25, -0.2) is 0 Å². The zero-order chi connectivity index (χ0) is 14.0. The first-order chi connectivity index (χ1) is 9.00. The Balaban J connectivity index is 2.19. The highest BCUT2D eigenvalue weighted by atomic mass is 32.2. The lowest BCUT2D eigenvalue weighted by molar-refractivity contribution is 0.0823. The first kappa shape index (κ1) is 14.4. The lowest BCUT2D eigenvalue weighted by Gasteiger charge is -2.29. The fourth-order valence-corrected chi connectivity index (χ4v) is 2.73. The van der Waals surface area contributed by atoms with Crippen molar-refractivity contribution in [1.82, 2.24) is 5.32 Å². The Morgan fingerprint density at radius 3 is 2.74 bits per heavy atom. The maximum Gasteiger partial charge on any atom is 0.252 e. The predicted octanol–water partition coefficient (Wildman–Crippen LogP) is 2.61. The molecule has 0 radical (unpaired) electrons. The van der Waals surface area contributed by atoms with Crippen molar-refractivity contribution < 1.29 is 9.90 Å². The quantitative estimate of drug-likeness (QED) is 0.815. The van der Waals surface area contributed by atoms with Crippen molar-refractivity contribution in [2.45, 2.75) is 37.1 Å². The fraction of sp³-hybridized carbons (Fsp3) is 0.533. The lowest BCUT2D eigenvalue weighted by atomic mass is 9.96. The van der Waals surface area contributed by atoms with Crippen LogP contribution in [0.25, 0.3) is 0 Å². The van der Waals surface area contributed by atoms with Crippen LogP contribution < -0.4 is 5.32 Å². The minimum absolute atomic E-state index is 0.00925. The van der Waals surface area contributed by atoms with Crippen molar-refractivity contribution in [3.63, 3.8) is 0 Å². The highest BCUT2D eigenvalue weighted by molar-refractivity contribution is 7.98. The van der Waals surface area contributed by atoms with Crippen LogP contribution >= 0.6 is 11.8 Å². The van der Waals surface area contributed by atoms with E-state index in [1.54, 1.807) is 11.8 Å². The highest BCUT2D eigenvalue weighted by Gasteiger charge is 2.42. The third-order valence-corrected chi connectivity index (χ3v) is 4.62. The van der Waals surface area contributed by atoms with Gasteiger partial charge in [0.2, 0.25) is 0 Å². The zero-order valence-electron chi connectivity index (χ0n) is 11.7. The second-order valence-corrected chi connectivity index (χ2v) is 6.36. The van der Waals surface area contributed by atoms with Gasteiger partial charge in [-0.15, -0.1) is 11.8 Å². The van der Waals surface area contributed by atoms with Gasteiger partial charge in [-0.3, -0.25) is 4.79 Å². The standard InChI is InChI=1S/C15H21NO2S/c1-10-4-7-12(19-3)8-13(10)14(18)16-15(2,9-17)11-5-6-11/h4,7-8,11,17H,5-6,9H2,1-3H3,(H,16,18). The van der Waals surface area contributed by atoms with E-state index >= 15 is 0 Å². The van der Waals surface area contributed by atoms with Crippen LogP contribution in [0.3, 0.4) is 0 Å². The van der Waals surface area contributed by atoms with Gasteiger partial charge in [0, 0.05) is 10.5 Å². The Bertz CT molecular complexity index is 485. The zero-order valence-corrected chi connectivity index (χ0v) is 12.5. The van der Waals surface area contributed by atoms with E-state index in [1.165, 1.54) is 0 Å². The summed E-state index contributed by atoms with van der Waals surface area (Å²) < 4.78 is 0. The minimum atomic E-state index is -0.487. The molecule has 1 aliphatic rings. The van der Waals surface area contributed by atoms with Crippen LogP contribution in [-0.4, -0.2) is 29.4 Å². The van der Waals surface area contributed by atoms with E-state index in [-0.39, 0.29) is 12.5 Å². The maximum atomic E-state index is 12.4. The molecule has 0 aromatic heterocycles. The molecule has 104 valence electrons. The Labute approximate surface area is 118 Å². The van der Waals surface area contributed by atoms with Crippen LogP contribution in [0, 0.1) is 12.8 Å². The van der Waals surface area contributed by atoms with Crippen LogP contribution in [0.2, 0.25) is 0 Å². The third kappa shape index (κ3) is 3.12. The Morgan fingerprint density at radius 2 is 2.21 bits per heavy atom. The van der Waals surface area contributed by atoms with Gasteiger partial charge >= 0.3 is 0 Å². The summed E-state index contributed by atoms with van der Waals surface area (Å²) in [5.41, 5.74) is 1.18. The van der Waals surface area contributed by atoms with E-state index in [0.717, 1.165) is 23.3 Å². The van der Waals surface area contributed by atoms with Crippen LogP contribution in [-0.2, 0) is 0 Å². The van der Waals surface area contributed by atoms with Gasteiger partial charge in [0.15, 0.2) is 0 Å². The number of amides is 1. The van der Waals surface area contributed by atoms with Crippen LogP contribution in [0.15, 0.2) is 23.1 Å². The van der Waals surface area contributed by atoms with E-state index in [1.807, 2.05) is 38.3 Å². The van der Waals surface area contributed by atoms with E-state index in [9.17, 15) is 9.90 Å². The molecule has 1 aliphatic carbocycles. The molecule has 1 saturated carbocycles. The monoisotopic (exact) mass is 279 g/mol.